The number of aromatic nitrogens is 2. The number of nitrogens with one attached hydrogen (secondary N) is 2. The van der Waals surface area contributed by atoms with Crippen molar-refractivity contribution in [3.05, 3.63) is 51.8 Å². The summed E-state index contributed by atoms with van der Waals surface area (Å²) in [5.41, 5.74) is 0.0296. The molecule has 0 radical (unpaired) electrons. The van der Waals surface area contributed by atoms with Gasteiger partial charge in [-0.15, -0.1) is 0 Å². The molecule has 1 heterocycles. The summed E-state index contributed by atoms with van der Waals surface area (Å²) in [6, 6.07) is 1.86. The lowest BCUT2D eigenvalue weighted by Gasteiger charge is -2.12. The molecule has 100 valence electrons. The number of nitrogens with zero attached hydrogens (tertiary/aromatic N) is 1. The number of amides is 1. The van der Waals surface area contributed by atoms with Crippen LogP contribution in [0.4, 0.5) is 4.39 Å². The average Bonchev–Trinajstić information content (AvgIpc) is 2.87. The highest BCUT2D eigenvalue weighted by atomic mass is 35.5. The molecule has 7 heteroatoms. The van der Waals surface area contributed by atoms with Gasteiger partial charge in [0.1, 0.15) is 11.6 Å². The first-order valence-electron chi connectivity index (χ1n) is 5.43. The Morgan fingerprint density at radius 1 is 1.42 bits per heavy atom. The number of imidazole rings is 1. The zero-order valence-corrected chi connectivity index (χ0v) is 11.4. The van der Waals surface area contributed by atoms with Gasteiger partial charge in [0.25, 0.3) is 5.91 Å². The Hall–Kier alpha value is -1.59. The Morgan fingerprint density at radius 3 is 2.79 bits per heavy atom. The number of benzene rings is 1. The van der Waals surface area contributed by atoms with Crippen LogP contribution in [0.3, 0.4) is 0 Å². The Bertz CT molecular complexity index is 601. The molecule has 0 saturated carbocycles. The molecular formula is C12H10Cl2FN3O. The number of rotatable bonds is 3. The molecule has 2 aromatic rings. The van der Waals surface area contributed by atoms with Crippen LogP contribution in [-0.4, -0.2) is 15.9 Å². The van der Waals surface area contributed by atoms with Gasteiger partial charge in [-0.3, -0.25) is 4.79 Å². The minimum absolute atomic E-state index is 0.0296. The van der Waals surface area contributed by atoms with Gasteiger partial charge in [0, 0.05) is 12.4 Å². The molecule has 0 aliphatic rings. The van der Waals surface area contributed by atoms with Gasteiger partial charge in [-0.2, -0.15) is 0 Å². The fourth-order valence-corrected chi connectivity index (χ4v) is 2.02. The minimum atomic E-state index is -0.693. The Labute approximate surface area is 118 Å². The zero-order valence-electron chi connectivity index (χ0n) is 9.88. The molecule has 1 amide bonds. The van der Waals surface area contributed by atoms with Crippen molar-refractivity contribution in [1.29, 1.82) is 0 Å². The van der Waals surface area contributed by atoms with Crippen LogP contribution in [0, 0.1) is 5.82 Å². The van der Waals surface area contributed by atoms with E-state index in [-0.39, 0.29) is 21.7 Å². The van der Waals surface area contributed by atoms with Gasteiger partial charge in [-0.05, 0) is 19.1 Å². The predicted octanol–water partition coefficient (Wildman–Crippen LogP) is 3.35. The van der Waals surface area contributed by atoms with Crippen molar-refractivity contribution in [3.8, 4) is 0 Å². The molecule has 19 heavy (non-hydrogen) atoms. The first kappa shape index (κ1) is 13.8. The molecule has 0 fully saturated rings. The molecule has 0 saturated heterocycles. The van der Waals surface area contributed by atoms with E-state index < -0.39 is 11.7 Å². The van der Waals surface area contributed by atoms with Crippen LogP contribution in [0.2, 0.25) is 10.0 Å². The maximum Gasteiger partial charge on any atom is 0.253 e. The van der Waals surface area contributed by atoms with Crippen LogP contribution in [0.1, 0.15) is 29.1 Å². The van der Waals surface area contributed by atoms with Gasteiger partial charge < -0.3 is 10.3 Å². The van der Waals surface area contributed by atoms with E-state index in [1.54, 1.807) is 19.3 Å². The number of hydrogen-bond acceptors (Lipinski definition) is 2. The van der Waals surface area contributed by atoms with Crippen molar-refractivity contribution in [2.45, 2.75) is 13.0 Å². The summed E-state index contributed by atoms with van der Waals surface area (Å²) >= 11 is 11.4. The van der Waals surface area contributed by atoms with Crippen molar-refractivity contribution in [1.82, 2.24) is 15.3 Å². The Morgan fingerprint density at radius 2 is 2.16 bits per heavy atom. The van der Waals surface area contributed by atoms with Crippen LogP contribution in [-0.2, 0) is 0 Å². The van der Waals surface area contributed by atoms with E-state index in [0.717, 1.165) is 6.07 Å². The molecule has 0 spiro atoms. The number of carbonyl (C=O) groups excluding carboxylic acids is 1. The molecule has 2 N–H and O–H groups in total. The molecule has 1 atom stereocenters. The van der Waals surface area contributed by atoms with E-state index in [2.05, 4.69) is 15.3 Å². The second-order valence-corrected chi connectivity index (χ2v) is 4.73. The summed E-state index contributed by atoms with van der Waals surface area (Å²) in [6.07, 6.45) is 3.22. The lowest BCUT2D eigenvalue weighted by molar-refractivity contribution is 0.0938. The highest BCUT2D eigenvalue weighted by molar-refractivity contribution is 6.36. The van der Waals surface area contributed by atoms with E-state index in [9.17, 15) is 9.18 Å². The van der Waals surface area contributed by atoms with Crippen molar-refractivity contribution < 1.29 is 9.18 Å². The molecule has 1 unspecified atom stereocenters. The van der Waals surface area contributed by atoms with E-state index in [1.807, 2.05) is 0 Å². The van der Waals surface area contributed by atoms with Crippen LogP contribution in [0.25, 0.3) is 0 Å². The van der Waals surface area contributed by atoms with Gasteiger partial charge in [0.2, 0.25) is 0 Å². The fraction of sp³-hybridized carbons (Fsp3) is 0.167. The summed E-state index contributed by atoms with van der Waals surface area (Å²) < 4.78 is 13.3. The maximum absolute atomic E-state index is 13.3. The smallest absolute Gasteiger partial charge is 0.253 e. The van der Waals surface area contributed by atoms with Gasteiger partial charge >= 0.3 is 0 Å². The molecule has 0 aliphatic heterocycles. The monoisotopic (exact) mass is 301 g/mol. The second-order valence-electron chi connectivity index (χ2n) is 3.92. The molecule has 0 bridgehead atoms. The van der Waals surface area contributed by atoms with Crippen LogP contribution in [0.5, 0.6) is 0 Å². The Balaban J connectivity index is 2.19. The van der Waals surface area contributed by atoms with Gasteiger partial charge in [-0.1, -0.05) is 23.2 Å². The molecule has 1 aromatic heterocycles. The lowest BCUT2D eigenvalue weighted by atomic mass is 10.2. The van der Waals surface area contributed by atoms with Gasteiger partial charge in [0.15, 0.2) is 0 Å². The third-order valence-electron chi connectivity index (χ3n) is 2.53. The SMILES string of the molecule is CC(NC(=O)c1cc(F)c(Cl)cc1Cl)c1ncc[nH]1. The van der Waals surface area contributed by atoms with Crippen LogP contribution in [0.15, 0.2) is 24.5 Å². The summed E-state index contributed by atoms with van der Waals surface area (Å²) in [7, 11) is 0. The molecule has 2 rings (SSSR count). The quantitative estimate of drug-likeness (QED) is 0.854. The maximum atomic E-state index is 13.3. The normalized spacial score (nSPS) is 12.2. The van der Waals surface area contributed by atoms with Crippen molar-refractivity contribution in [2.24, 2.45) is 0 Å². The third-order valence-corrected chi connectivity index (χ3v) is 3.13. The number of H-pyrrole nitrogens is 1. The van der Waals surface area contributed by atoms with Crippen molar-refractivity contribution in [2.75, 3.05) is 0 Å². The topological polar surface area (TPSA) is 57.8 Å². The fourth-order valence-electron chi connectivity index (χ4n) is 1.55. The number of aromatic amines is 1. The largest absolute Gasteiger partial charge is 0.347 e. The van der Waals surface area contributed by atoms with Gasteiger partial charge in [-0.25, -0.2) is 9.37 Å². The van der Waals surface area contributed by atoms with E-state index in [0.29, 0.717) is 5.82 Å². The van der Waals surface area contributed by atoms with Crippen LogP contribution >= 0.6 is 23.2 Å². The highest BCUT2D eigenvalue weighted by Crippen LogP contribution is 2.24. The van der Waals surface area contributed by atoms with E-state index >= 15 is 0 Å². The second kappa shape index (κ2) is 5.59. The van der Waals surface area contributed by atoms with E-state index in [1.165, 1.54) is 6.07 Å². The van der Waals surface area contributed by atoms with Crippen molar-refractivity contribution >= 4 is 29.1 Å². The standard InChI is InChI=1S/C12H10Cl2FN3O/c1-6(11-16-2-3-17-11)18-12(19)7-4-10(15)9(14)5-8(7)13/h2-6H,1H3,(H,16,17)(H,18,19). The molecule has 0 aliphatic carbocycles. The minimum Gasteiger partial charge on any atom is -0.347 e. The molecule has 1 aromatic carbocycles. The van der Waals surface area contributed by atoms with Crippen molar-refractivity contribution in [3.63, 3.8) is 0 Å². The third kappa shape index (κ3) is 3.05. The zero-order chi connectivity index (χ0) is 14.0. The van der Waals surface area contributed by atoms with E-state index in [4.69, 9.17) is 23.2 Å². The summed E-state index contributed by atoms with van der Waals surface area (Å²) in [4.78, 5) is 18.9. The first-order chi connectivity index (χ1) is 8.99. The number of hydrogen-bond donors (Lipinski definition) is 2. The van der Waals surface area contributed by atoms with Gasteiger partial charge in [0.05, 0.1) is 21.7 Å². The highest BCUT2D eigenvalue weighted by Gasteiger charge is 2.17. The molecular weight excluding hydrogens is 292 g/mol. The van der Waals surface area contributed by atoms with Crippen LogP contribution < -0.4 is 5.32 Å². The predicted molar refractivity (Wildman–Crippen MR) is 70.9 cm³/mol. The number of halogens is 3. The summed E-state index contributed by atoms with van der Waals surface area (Å²) in [6.45, 7) is 1.75. The average molecular weight is 302 g/mol. The Kier molecular flexibility index (Phi) is 4.07. The lowest BCUT2D eigenvalue weighted by Crippen LogP contribution is -2.27. The molecule has 4 nitrogen and oxygen atoms in total. The summed E-state index contributed by atoms with van der Waals surface area (Å²) in [5, 5.41) is 2.63. The first-order valence-corrected chi connectivity index (χ1v) is 6.19. The number of carbonyl (C=O) groups is 1. The summed E-state index contributed by atoms with van der Waals surface area (Å²) in [5.74, 6) is -0.592.